The zero-order chi connectivity index (χ0) is 15.5. The van der Waals surface area contributed by atoms with E-state index in [1.54, 1.807) is 7.11 Å². The number of benzene rings is 1. The Hall–Kier alpha value is -1.35. The fourth-order valence-corrected chi connectivity index (χ4v) is 4.11. The normalized spacial score (nSPS) is 21.6. The molecule has 1 saturated heterocycles. The Balaban J connectivity index is 2.06. The van der Waals surface area contributed by atoms with Crippen LogP contribution in [0.2, 0.25) is 0 Å². The molecule has 1 aliphatic carbocycles. The molecule has 0 aromatic heterocycles. The Kier molecular flexibility index (Phi) is 4.82. The van der Waals surface area contributed by atoms with E-state index in [4.69, 9.17) is 4.74 Å². The lowest BCUT2D eigenvalue weighted by molar-refractivity contribution is 0.0977. The second-order valence-corrected chi connectivity index (χ2v) is 6.53. The minimum absolute atomic E-state index is 0.299. The average molecular weight is 301 g/mol. The van der Waals surface area contributed by atoms with Crippen LogP contribution in [0.25, 0.3) is 0 Å². The van der Waals surface area contributed by atoms with Gasteiger partial charge in [-0.15, -0.1) is 0 Å². The summed E-state index contributed by atoms with van der Waals surface area (Å²) < 4.78 is 5.59. The first kappa shape index (κ1) is 15.5. The number of carbonyl (C=O) groups is 1. The third-order valence-electron chi connectivity index (χ3n) is 5.13. The Labute approximate surface area is 133 Å². The fourth-order valence-electron chi connectivity index (χ4n) is 4.11. The molecule has 120 valence electrons. The number of nitrogens with zero attached hydrogens (tertiary/aromatic N) is 1. The number of hydrogen-bond donors (Lipinski definition) is 0. The number of Topliss-reactive ketones (excluding diaryl/α,β-unsaturated/α-hetero) is 1. The van der Waals surface area contributed by atoms with Crippen LogP contribution in [0.4, 0.5) is 0 Å². The second-order valence-electron chi connectivity index (χ2n) is 6.53. The average Bonchev–Trinajstić information content (AvgIpc) is 3.07. The molecule has 1 aliphatic heterocycles. The van der Waals surface area contributed by atoms with Crippen LogP contribution in [0.15, 0.2) is 12.1 Å². The molecule has 1 unspecified atom stereocenters. The maximum atomic E-state index is 12.6. The van der Waals surface area contributed by atoms with Crippen LogP contribution < -0.4 is 4.74 Å². The first-order valence-corrected chi connectivity index (χ1v) is 8.73. The highest BCUT2D eigenvalue weighted by atomic mass is 16.5. The van der Waals surface area contributed by atoms with Crippen molar-refractivity contribution in [3.63, 3.8) is 0 Å². The van der Waals surface area contributed by atoms with E-state index in [1.165, 1.54) is 49.9 Å². The Morgan fingerprint density at radius 1 is 1.27 bits per heavy atom. The van der Waals surface area contributed by atoms with Gasteiger partial charge in [0.15, 0.2) is 5.78 Å². The predicted octanol–water partition coefficient (Wildman–Crippen LogP) is 4.15. The van der Waals surface area contributed by atoms with Crippen LogP contribution in [0.3, 0.4) is 0 Å². The fraction of sp³-hybridized carbons (Fsp3) is 0.632. The molecular weight excluding hydrogens is 274 g/mol. The topological polar surface area (TPSA) is 29.5 Å². The first-order valence-electron chi connectivity index (χ1n) is 8.73. The summed E-state index contributed by atoms with van der Waals surface area (Å²) in [5.41, 5.74) is 3.52. The van der Waals surface area contributed by atoms with Gasteiger partial charge in [-0.2, -0.15) is 0 Å². The molecule has 0 N–H and O–H groups in total. The van der Waals surface area contributed by atoms with Crippen molar-refractivity contribution in [3.8, 4) is 5.75 Å². The molecule has 1 aromatic rings. The van der Waals surface area contributed by atoms with Crippen LogP contribution >= 0.6 is 0 Å². The van der Waals surface area contributed by atoms with Crippen molar-refractivity contribution < 1.29 is 9.53 Å². The lowest BCUT2D eigenvalue weighted by Crippen LogP contribution is -2.30. The third-order valence-corrected chi connectivity index (χ3v) is 5.13. The van der Waals surface area contributed by atoms with E-state index in [0.29, 0.717) is 18.2 Å². The van der Waals surface area contributed by atoms with Gasteiger partial charge in [0, 0.05) is 18.0 Å². The van der Waals surface area contributed by atoms with E-state index >= 15 is 0 Å². The molecule has 1 aromatic carbocycles. The van der Waals surface area contributed by atoms with Crippen LogP contribution in [0.5, 0.6) is 5.75 Å². The van der Waals surface area contributed by atoms with Crippen molar-refractivity contribution in [3.05, 3.63) is 28.8 Å². The molecule has 0 spiro atoms. The first-order chi connectivity index (χ1) is 10.8. The smallest absolute Gasteiger partial charge is 0.163 e. The van der Waals surface area contributed by atoms with Gasteiger partial charge in [0.1, 0.15) is 5.75 Å². The lowest BCUT2D eigenvalue weighted by Gasteiger charge is -2.35. The summed E-state index contributed by atoms with van der Waals surface area (Å²) in [7, 11) is 1.74. The number of methoxy groups -OCH3 is 1. The van der Waals surface area contributed by atoms with Crippen molar-refractivity contribution >= 4 is 5.78 Å². The maximum absolute atomic E-state index is 12.6. The van der Waals surface area contributed by atoms with Crippen molar-refractivity contribution in [1.82, 2.24) is 4.90 Å². The molecule has 0 saturated carbocycles. The van der Waals surface area contributed by atoms with Crippen LogP contribution in [0.1, 0.15) is 73.0 Å². The van der Waals surface area contributed by atoms with Gasteiger partial charge in [-0.3, -0.25) is 9.69 Å². The Bertz CT molecular complexity index is 547. The van der Waals surface area contributed by atoms with Gasteiger partial charge in [-0.25, -0.2) is 0 Å². The number of carbonyl (C=O) groups excluding carboxylic acids is 1. The molecule has 1 atom stereocenters. The molecule has 1 fully saturated rings. The highest BCUT2D eigenvalue weighted by Gasteiger charge is 2.32. The summed E-state index contributed by atoms with van der Waals surface area (Å²) in [5.74, 6) is 1.26. The zero-order valence-electron chi connectivity index (χ0n) is 13.9. The van der Waals surface area contributed by atoms with Gasteiger partial charge < -0.3 is 4.74 Å². The number of ketones is 1. The predicted molar refractivity (Wildman–Crippen MR) is 88.7 cm³/mol. The molecule has 3 nitrogen and oxygen atoms in total. The second kappa shape index (κ2) is 6.82. The van der Waals surface area contributed by atoms with Crippen molar-refractivity contribution in [1.29, 1.82) is 0 Å². The monoisotopic (exact) mass is 301 g/mol. The quantitative estimate of drug-likeness (QED) is 0.765. The molecule has 2 aliphatic rings. The van der Waals surface area contributed by atoms with E-state index in [2.05, 4.69) is 11.8 Å². The number of ether oxygens (including phenoxy) is 1. The highest BCUT2D eigenvalue weighted by Crippen LogP contribution is 2.42. The number of fused-ring (bicyclic) bond motifs is 1. The molecule has 0 radical (unpaired) electrons. The van der Waals surface area contributed by atoms with Gasteiger partial charge >= 0.3 is 0 Å². The van der Waals surface area contributed by atoms with Gasteiger partial charge in [0.05, 0.1) is 7.11 Å². The standard InChI is InChI=1S/C19H27NO2/c1-3-7-17(21)14-10-11-18(22-2)15-8-6-9-16(19(14)15)20-12-4-5-13-20/h10-11,16H,3-9,12-13H2,1-2H3. The Morgan fingerprint density at radius 3 is 2.73 bits per heavy atom. The third kappa shape index (κ3) is 2.79. The van der Waals surface area contributed by atoms with Crippen molar-refractivity contribution in [2.75, 3.05) is 20.2 Å². The van der Waals surface area contributed by atoms with E-state index in [-0.39, 0.29) is 0 Å². The van der Waals surface area contributed by atoms with E-state index < -0.39 is 0 Å². The number of hydrogen-bond acceptors (Lipinski definition) is 3. The summed E-state index contributed by atoms with van der Waals surface area (Å²) >= 11 is 0. The lowest BCUT2D eigenvalue weighted by atomic mass is 9.81. The summed E-state index contributed by atoms with van der Waals surface area (Å²) in [6, 6.07) is 4.41. The Morgan fingerprint density at radius 2 is 2.05 bits per heavy atom. The largest absolute Gasteiger partial charge is 0.496 e. The molecular formula is C19H27NO2. The molecule has 0 amide bonds. The molecule has 0 bridgehead atoms. The minimum Gasteiger partial charge on any atom is -0.496 e. The van der Waals surface area contributed by atoms with Gasteiger partial charge in [0.2, 0.25) is 0 Å². The number of rotatable bonds is 5. The van der Waals surface area contributed by atoms with E-state index in [0.717, 1.165) is 24.2 Å². The summed E-state index contributed by atoms with van der Waals surface area (Å²) in [5, 5.41) is 0. The maximum Gasteiger partial charge on any atom is 0.163 e. The van der Waals surface area contributed by atoms with Gasteiger partial charge in [0.25, 0.3) is 0 Å². The van der Waals surface area contributed by atoms with Gasteiger partial charge in [-0.1, -0.05) is 6.92 Å². The molecule has 22 heavy (non-hydrogen) atoms. The summed E-state index contributed by atoms with van der Waals surface area (Å²) in [4.78, 5) is 15.2. The van der Waals surface area contributed by atoms with Crippen molar-refractivity contribution in [2.45, 2.75) is 57.9 Å². The van der Waals surface area contributed by atoms with Crippen LogP contribution in [-0.2, 0) is 6.42 Å². The minimum atomic E-state index is 0.299. The van der Waals surface area contributed by atoms with Crippen LogP contribution in [0, 0.1) is 0 Å². The molecule has 3 heteroatoms. The molecule has 3 rings (SSSR count). The number of likely N-dealkylation sites (tertiary alicyclic amines) is 1. The van der Waals surface area contributed by atoms with Crippen LogP contribution in [-0.4, -0.2) is 30.9 Å². The van der Waals surface area contributed by atoms with Gasteiger partial charge in [-0.05, 0) is 74.9 Å². The van der Waals surface area contributed by atoms with E-state index in [9.17, 15) is 4.79 Å². The van der Waals surface area contributed by atoms with E-state index in [1.807, 2.05) is 12.1 Å². The zero-order valence-corrected chi connectivity index (χ0v) is 13.9. The molecule has 1 heterocycles. The SMILES string of the molecule is CCCC(=O)c1ccc(OC)c2c1C(N1CCCC1)CCC2. The van der Waals surface area contributed by atoms with Crippen molar-refractivity contribution in [2.24, 2.45) is 0 Å². The highest BCUT2D eigenvalue weighted by molar-refractivity contribution is 5.98. The summed E-state index contributed by atoms with van der Waals surface area (Å²) in [6.07, 6.45) is 7.53. The summed E-state index contributed by atoms with van der Waals surface area (Å²) in [6.45, 7) is 4.41.